The number of furan rings is 1. The number of aromatic amines is 1. The molecule has 21 heavy (non-hydrogen) atoms. The lowest BCUT2D eigenvalue weighted by Gasteiger charge is -2.05. The summed E-state index contributed by atoms with van der Waals surface area (Å²) in [5.74, 6) is -0.332. The lowest BCUT2D eigenvalue weighted by molar-refractivity contribution is 0.0996. The van der Waals surface area contributed by atoms with E-state index in [4.69, 9.17) is 4.42 Å². The number of carbonyl (C=O) groups excluding carboxylic acids is 1. The molecule has 0 aromatic carbocycles. The van der Waals surface area contributed by atoms with Crippen molar-refractivity contribution in [1.29, 1.82) is 0 Å². The molecule has 3 rings (SSSR count). The molecule has 0 spiro atoms. The number of aromatic nitrogens is 2. The zero-order valence-corrected chi connectivity index (χ0v) is 10.9. The molecule has 6 nitrogen and oxygen atoms in total. The Hall–Kier alpha value is -3.15. The van der Waals surface area contributed by atoms with E-state index < -0.39 is 5.91 Å². The van der Waals surface area contributed by atoms with Crippen LogP contribution in [-0.4, -0.2) is 15.9 Å². The highest BCUT2D eigenvalue weighted by Crippen LogP contribution is 2.18. The lowest BCUT2D eigenvalue weighted by Crippen LogP contribution is -2.19. The van der Waals surface area contributed by atoms with E-state index in [9.17, 15) is 9.59 Å². The molecule has 6 heteroatoms. The third kappa shape index (κ3) is 2.74. The number of amides is 1. The van der Waals surface area contributed by atoms with Gasteiger partial charge in [-0.15, -0.1) is 0 Å². The average molecular weight is 281 g/mol. The number of anilines is 1. The second kappa shape index (κ2) is 5.46. The molecule has 1 amide bonds. The predicted molar refractivity (Wildman–Crippen MR) is 77.0 cm³/mol. The number of nitrogens with zero attached hydrogens (tertiary/aromatic N) is 1. The Morgan fingerprint density at radius 3 is 2.71 bits per heavy atom. The van der Waals surface area contributed by atoms with Gasteiger partial charge in [-0.25, -0.2) is 0 Å². The van der Waals surface area contributed by atoms with Crippen LogP contribution in [0.2, 0.25) is 0 Å². The number of nitrogens with one attached hydrogen (secondary N) is 2. The first-order chi connectivity index (χ1) is 10.2. The Labute approximate surface area is 119 Å². The molecule has 0 radical (unpaired) electrons. The normalized spacial score (nSPS) is 10.3. The molecule has 104 valence electrons. The molecule has 3 aromatic rings. The van der Waals surface area contributed by atoms with Crippen molar-refractivity contribution in [2.75, 3.05) is 5.32 Å². The maximum absolute atomic E-state index is 11.9. The largest absolute Gasteiger partial charge is 0.459 e. The zero-order valence-electron chi connectivity index (χ0n) is 10.9. The van der Waals surface area contributed by atoms with Crippen molar-refractivity contribution < 1.29 is 9.21 Å². The van der Waals surface area contributed by atoms with Gasteiger partial charge in [0, 0.05) is 24.2 Å². The van der Waals surface area contributed by atoms with E-state index in [1.54, 1.807) is 30.7 Å². The first kappa shape index (κ1) is 12.9. The van der Waals surface area contributed by atoms with Crippen LogP contribution < -0.4 is 10.9 Å². The van der Waals surface area contributed by atoms with E-state index >= 15 is 0 Å². The Bertz CT molecular complexity index is 808. The monoisotopic (exact) mass is 281 g/mol. The molecule has 0 atom stereocenters. The van der Waals surface area contributed by atoms with Gasteiger partial charge in [0.2, 0.25) is 0 Å². The quantitative estimate of drug-likeness (QED) is 0.771. The van der Waals surface area contributed by atoms with E-state index in [1.165, 1.54) is 12.3 Å². The molecule has 3 aromatic heterocycles. The van der Waals surface area contributed by atoms with Gasteiger partial charge in [-0.1, -0.05) is 0 Å². The van der Waals surface area contributed by atoms with E-state index in [0.29, 0.717) is 0 Å². The van der Waals surface area contributed by atoms with Gasteiger partial charge in [0.25, 0.3) is 11.5 Å². The SMILES string of the molecule is O=C(Nc1cc(-c2ccncc2)c[nH]c1=O)c1ccco1. The van der Waals surface area contributed by atoms with Gasteiger partial charge in [-0.05, 0) is 35.9 Å². The molecule has 2 N–H and O–H groups in total. The summed E-state index contributed by atoms with van der Waals surface area (Å²) in [7, 11) is 0. The molecule has 0 aliphatic heterocycles. The number of pyridine rings is 2. The highest BCUT2D eigenvalue weighted by atomic mass is 16.3. The smallest absolute Gasteiger partial charge is 0.291 e. The molecule has 0 unspecified atom stereocenters. The summed E-state index contributed by atoms with van der Waals surface area (Å²) < 4.78 is 4.99. The van der Waals surface area contributed by atoms with E-state index in [2.05, 4.69) is 15.3 Å². The van der Waals surface area contributed by atoms with Crippen LogP contribution in [0.5, 0.6) is 0 Å². The summed E-state index contributed by atoms with van der Waals surface area (Å²) in [5, 5.41) is 2.53. The maximum Gasteiger partial charge on any atom is 0.291 e. The fraction of sp³-hybridized carbons (Fsp3) is 0. The number of H-pyrrole nitrogens is 1. The van der Waals surface area contributed by atoms with Crippen LogP contribution in [0.3, 0.4) is 0 Å². The summed E-state index contributed by atoms with van der Waals surface area (Å²) in [4.78, 5) is 30.2. The minimum atomic E-state index is -0.475. The highest BCUT2D eigenvalue weighted by molar-refractivity contribution is 6.02. The van der Waals surface area contributed by atoms with Crippen LogP contribution in [0.1, 0.15) is 10.6 Å². The van der Waals surface area contributed by atoms with Crippen LogP contribution in [-0.2, 0) is 0 Å². The first-order valence-electron chi connectivity index (χ1n) is 6.22. The number of rotatable bonds is 3. The minimum Gasteiger partial charge on any atom is -0.459 e. The molecule has 0 aliphatic carbocycles. The second-order valence-electron chi connectivity index (χ2n) is 4.30. The first-order valence-corrected chi connectivity index (χ1v) is 6.22. The molecule has 0 fully saturated rings. The third-order valence-corrected chi connectivity index (χ3v) is 2.91. The zero-order chi connectivity index (χ0) is 14.7. The Balaban J connectivity index is 1.92. The van der Waals surface area contributed by atoms with Crippen LogP contribution in [0.4, 0.5) is 5.69 Å². The molecule has 0 bridgehead atoms. The van der Waals surface area contributed by atoms with Gasteiger partial charge >= 0.3 is 0 Å². The van der Waals surface area contributed by atoms with Crippen molar-refractivity contribution in [2.45, 2.75) is 0 Å². The van der Waals surface area contributed by atoms with Crippen molar-refractivity contribution in [2.24, 2.45) is 0 Å². The molecule has 0 saturated heterocycles. The van der Waals surface area contributed by atoms with Gasteiger partial charge in [0.1, 0.15) is 5.69 Å². The van der Waals surface area contributed by atoms with E-state index in [-0.39, 0.29) is 17.0 Å². The fourth-order valence-electron chi connectivity index (χ4n) is 1.88. The van der Waals surface area contributed by atoms with Gasteiger partial charge in [0.15, 0.2) is 5.76 Å². The van der Waals surface area contributed by atoms with E-state index in [0.717, 1.165) is 11.1 Å². The fourth-order valence-corrected chi connectivity index (χ4v) is 1.88. The van der Waals surface area contributed by atoms with E-state index in [1.807, 2.05) is 12.1 Å². The van der Waals surface area contributed by atoms with Crippen LogP contribution in [0.15, 0.2) is 64.4 Å². The van der Waals surface area contributed by atoms with Gasteiger partial charge in [0.05, 0.1) is 6.26 Å². The third-order valence-electron chi connectivity index (χ3n) is 2.91. The van der Waals surface area contributed by atoms with Crippen LogP contribution >= 0.6 is 0 Å². The van der Waals surface area contributed by atoms with Gasteiger partial charge in [-0.3, -0.25) is 14.6 Å². The van der Waals surface area contributed by atoms with Crippen LogP contribution in [0, 0.1) is 0 Å². The maximum atomic E-state index is 11.9. The van der Waals surface area contributed by atoms with Crippen molar-refractivity contribution in [3.8, 4) is 11.1 Å². The predicted octanol–water partition coefficient (Wildman–Crippen LogP) is 2.28. The topological polar surface area (TPSA) is 88.0 Å². The highest BCUT2D eigenvalue weighted by Gasteiger charge is 2.11. The number of carbonyl (C=O) groups is 1. The number of hydrogen-bond donors (Lipinski definition) is 2. The van der Waals surface area contributed by atoms with Crippen molar-refractivity contribution in [1.82, 2.24) is 9.97 Å². The minimum absolute atomic E-state index is 0.142. The summed E-state index contributed by atoms with van der Waals surface area (Å²) in [5.41, 5.74) is 1.43. The summed E-state index contributed by atoms with van der Waals surface area (Å²) in [6.07, 6.45) is 6.29. The Kier molecular flexibility index (Phi) is 3.34. The number of hydrogen-bond acceptors (Lipinski definition) is 4. The summed E-state index contributed by atoms with van der Waals surface area (Å²) in [6.45, 7) is 0. The summed E-state index contributed by atoms with van der Waals surface area (Å²) in [6, 6.07) is 8.36. The molecule has 3 heterocycles. The average Bonchev–Trinajstić information content (AvgIpc) is 3.05. The molecular formula is C15H11N3O3. The molecule has 0 aliphatic rings. The standard InChI is InChI=1S/C15H11N3O3/c19-14-12(18-15(20)13-2-1-7-21-13)8-11(9-17-14)10-3-5-16-6-4-10/h1-9H,(H,17,19)(H,18,20). The van der Waals surface area contributed by atoms with Gasteiger partial charge in [-0.2, -0.15) is 0 Å². The van der Waals surface area contributed by atoms with Crippen molar-refractivity contribution in [3.63, 3.8) is 0 Å². The molecular weight excluding hydrogens is 270 g/mol. The van der Waals surface area contributed by atoms with Crippen molar-refractivity contribution in [3.05, 3.63) is 71.3 Å². The summed E-state index contributed by atoms with van der Waals surface area (Å²) >= 11 is 0. The lowest BCUT2D eigenvalue weighted by atomic mass is 10.1. The van der Waals surface area contributed by atoms with Crippen molar-refractivity contribution >= 4 is 11.6 Å². The molecule has 0 saturated carbocycles. The Morgan fingerprint density at radius 1 is 1.19 bits per heavy atom. The Morgan fingerprint density at radius 2 is 2.00 bits per heavy atom. The second-order valence-corrected chi connectivity index (χ2v) is 4.30. The van der Waals surface area contributed by atoms with Gasteiger partial charge < -0.3 is 14.7 Å². The van der Waals surface area contributed by atoms with Crippen LogP contribution in [0.25, 0.3) is 11.1 Å².